The van der Waals surface area contributed by atoms with Gasteiger partial charge < -0.3 is 19.3 Å². The number of rotatable bonds is 8. The molecule has 0 spiro atoms. The zero-order chi connectivity index (χ0) is 25.0. The van der Waals surface area contributed by atoms with Gasteiger partial charge in [0.25, 0.3) is 11.5 Å². The number of hydrogen-bond donors (Lipinski definition) is 0. The second kappa shape index (κ2) is 10.8. The number of piperazine rings is 1. The first kappa shape index (κ1) is 25.4. The van der Waals surface area contributed by atoms with E-state index in [1.54, 1.807) is 33.7 Å². The fraction of sp³-hybridized carbons (Fsp3) is 0.560. The molecule has 1 aromatic carbocycles. The SMILES string of the molecule is CCOc1ccc(C(=O)N2CCN(c3cc(=O)n(C(C)C)c(=O)n3C(C)C)CC2)cc1OCC. The molecule has 0 saturated carbocycles. The Labute approximate surface area is 200 Å². The third-order valence-corrected chi connectivity index (χ3v) is 5.86. The van der Waals surface area contributed by atoms with E-state index in [4.69, 9.17) is 9.47 Å². The lowest BCUT2D eigenvalue weighted by molar-refractivity contribution is 0.0745. The molecule has 9 nitrogen and oxygen atoms in total. The van der Waals surface area contributed by atoms with Gasteiger partial charge in [0.1, 0.15) is 5.82 Å². The third-order valence-electron chi connectivity index (χ3n) is 5.86. The lowest BCUT2D eigenvalue weighted by Gasteiger charge is -2.37. The molecule has 1 fully saturated rings. The van der Waals surface area contributed by atoms with Crippen LogP contribution in [-0.4, -0.2) is 59.3 Å². The van der Waals surface area contributed by atoms with Crippen molar-refractivity contribution in [2.45, 2.75) is 53.6 Å². The minimum absolute atomic E-state index is 0.0832. The Morgan fingerprint density at radius 1 is 0.853 bits per heavy atom. The summed E-state index contributed by atoms with van der Waals surface area (Å²) < 4.78 is 14.2. The maximum Gasteiger partial charge on any atom is 0.333 e. The monoisotopic (exact) mass is 472 g/mol. The highest BCUT2D eigenvalue weighted by molar-refractivity contribution is 5.95. The maximum atomic E-state index is 13.2. The Balaban J connectivity index is 1.81. The second-order valence-electron chi connectivity index (χ2n) is 8.86. The first-order valence-electron chi connectivity index (χ1n) is 12.0. The smallest absolute Gasteiger partial charge is 0.333 e. The zero-order valence-electron chi connectivity index (χ0n) is 21.0. The van der Waals surface area contributed by atoms with Crippen LogP contribution in [0.2, 0.25) is 0 Å². The number of carbonyl (C=O) groups is 1. The molecule has 0 aliphatic carbocycles. The van der Waals surface area contributed by atoms with Crippen molar-refractivity contribution >= 4 is 11.7 Å². The molecule has 1 aromatic heterocycles. The van der Waals surface area contributed by atoms with E-state index in [9.17, 15) is 14.4 Å². The van der Waals surface area contributed by atoms with Crippen molar-refractivity contribution < 1.29 is 14.3 Å². The van der Waals surface area contributed by atoms with E-state index in [1.807, 2.05) is 46.4 Å². The summed E-state index contributed by atoms with van der Waals surface area (Å²) in [6, 6.07) is 6.47. The highest BCUT2D eigenvalue weighted by atomic mass is 16.5. The summed E-state index contributed by atoms with van der Waals surface area (Å²) in [6.45, 7) is 14.3. The standard InChI is InChI=1S/C25H36N4O5/c1-7-33-20-10-9-19(15-21(20)34-8-2)24(31)27-13-11-26(12-14-27)22-16-23(30)29(18(5)6)25(32)28(22)17(3)4/h9-10,15-18H,7-8,11-14H2,1-6H3. The quantitative estimate of drug-likeness (QED) is 0.587. The van der Waals surface area contributed by atoms with E-state index in [-0.39, 0.29) is 29.2 Å². The number of aromatic nitrogens is 2. The van der Waals surface area contributed by atoms with E-state index in [2.05, 4.69) is 0 Å². The van der Waals surface area contributed by atoms with Gasteiger partial charge in [-0.25, -0.2) is 4.79 Å². The van der Waals surface area contributed by atoms with Gasteiger partial charge in [-0.2, -0.15) is 0 Å². The van der Waals surface area contributed by atoms with Crippen molar-refractivity contribution in [3.05, 3.63) is 50.7 Å². The minimum atomic E-state index is -0.303. The van der Waals surface area contributed by atoms with E-state index in [0.717, 1.165) is 0 Å². The Morgan fingerprint density at radius 2 is 1.44 bits per heavy atom. The topological polar surface area (TPSA) is 86.0 Å². The molecule has 186 valence electrons. The summed E-state index contributed by atoms with van der Waals surface area (Å²) in [5.74, 6) is 1.70. The van der Waals surface area contributed by atoms with Crippen LogP contribution in [0.5, 0.6) is 11.5 Å². The van der Waals surface area contributed by atoms with Crippen molar-refractivity contribution in [3.8, 4) is 11.5 Å². The Hall–Kier alpha value is -3.23. The predicted octanol–water partition coefficient (Wildman–Crippen LogP) is 2.93. The minimum Gasteiger partial charge on any atom is -0.490 e. The van der Waals surface area contributed by atoms with Gasteiger partial charge in [0.2, 0.25) is 0 Å². The zero-order valence-corrected chi connectivity index (χ0v) is 21.0. The van der Waals surface area contributed by atoms with Crippen LogP contribution < -0.4 is 25.6 Å². The largest absolute Gasteiger partial charge is 0.490 e. The molecule has 0 N–H and O–H groups in total. The van der Waals surface area contributed by atoms with Crippen LogP contribution in [0.25, 0.3) is 0 Å². The summed E-state index contributed by atoms with van der Waals surface area (Å²) in [7, 11) is 0. The van der Waals surface area contributed by atoms with Gasteiger partial charge in [0.05, 0.1) is 13.2 Å². The molecule has 1 aliphatic rings. The summed E-state index contributed by atoms with van der Waals surface area (Å²) in [5.41, 5.74) is -0.0638. The first-order chi connectivity index (χ1) is 16.2. The molecular weight excluding hydrogens is 436 g/mol. The predicted molar refractivity (Wildman–Crippen MR) is 133 cm³/mol. The van der Waals surface area contributed by atoms with Gasteiger partial charge in [-0.3, -0.25) is 18.7 Å². The summed E-state index contributed by atoms with van der Waals surface area (Å²) in [6.07, 6.45) is 0. The molecule has 2 aromatic rings. The van der Waals surface area contributed by atoms with Crippen molar-refractivity contribution in [1.29, 1.82) is 0 Å². The summed E-state index contributed by atoms with van der Waals surface area (Å²) in [4.78, 5) is 42.7. The summed E-state index contributed by atoms with van der Waals surface area (Å²) in [5, 5.41) is 0. The van der Waals surface area contributed by atoms with Gasteiger partial charge in [0, 0.05) is 49.9 Å². The second-order valence-corrected chi connectivity index (χ2v) is 8.86. The van der Waals surface area contributed by atoms with E-state index in [0.29, 0.717) is 62.3 Å². The Morgan fingerprint density at radius 3 is 2.00 bits per heavy atom. The fourth-order valence-electron chi connectivity index (χ4n) is 4.27. The Bertz CT molecular complexity index is 1130. The molecule has 1 saturated heterocycles. The molecule has 0 atom stereocenters. The van der Waals surface area contributed by atoms with Crippen LogP contribution >= 0.6 is 0 Å². The van der Waals surface area contributed by atoms with Crippen molar-refractivity contribution in [3.63, 3.8) is 0 Å². The van der Waals surface area contributed by atoms with E-state index < -0.39 is 0 Å². The molecule has 9 heteroatoms. The number of hydrogen-bond acceptors (Lipinski definition) is 6. The molecular formula is C25H36N4O5. The average Bonchev–Trinajstić information content (AvgIpc) is 2.79. The molecule has 0 radical (unpaired) electrons. The number of carbonyl (C=O) groups excluding carboxylic acids is 1. The lowest BCUT2D eigenvalue weighted by Crippen LogP contribution is -2.51. The molecule has 1 amide bonds. The van der Waals surface area contributed by atoms with Crippen LogP contribution in [0.4, 0.5) is 5.82 Å². The van der Waals surface area contributed by atoms with Crippen LogP contribution in [0.15, 0.2) is 33.9 Å². The maximum absolute atomic E-state index is 13.2. The lowest BCUT2D eigenvalue weighted by atomic mass is 10.1. The van der Waals surface area contributed by atoms with Crippen LogP contribution in [-0.2, 0) is 0 Å². The highest BCUT2D eigenvalue weighted by Crippen LogP contribution is 2.29. The third kappa shape index (κ3) is 5.13. The number of amides is 1. The van der Waals surface area contributed by atoms with Crippen LogP contribution in [0.3, 0.4) is 0 Å². The summed E-state index contributed by atoms with van der Waals surface area (Å²) >= 11 is 0. The van der Waals surface area contributed by atoms with E-state index >= 15 is 0 Å². The van der Waals surface area contributed by atoms with Crippen LogP contribution in [0.1, 0.15) is 64.0 Å². The fourth-order valence-corrected chi connectivity index (χ4v) is 4.27. The molecule has 2 heterocycles. The number of nitrogens with zero attached hydrogens (tertiary/aromatic N) is 4. The van der Waals surface area contributed by atoms with Crippen LogP contribution in [0, 0.1) is 0 Å². The normalized spacial score (nSPS) is 14.1. The number of benzene rings is 1. The van der Waals surface area contributed by atoms with Crippen molar-refractivity contribution in [2.75, 3.05) is 44.3 Å². The average molecular weight is 473 g/mol. The molecule has 0 unspecified atom stereocenters. The molecule has 34 heavy (non-hydrogen) atoms. The van der Waals surface area contributed by atoms with Gasteiger partial charge in [0.15, 0.2) is 11.5 Å². The van der Waals surface area contributed by atoms with Gasteiger partial charge >= 0.3 is 5.69 Å². The van der Waals surface area contributed by atoms with Crippen molar-refractivity contribution in [1.82, 2.24) is 14.0 Å². The number of ether oxygens (including phenoxy) is 2. The van der Waals surface area contributed by atoms with Gasteiger partial charge in [-0.05, 0) is 59.7 Å². The van der Waals surface area contributed by atoms with E-state index in [1.165, 1.54) is 4.57 Å². The van der Waals surface area contributed by atoms with Crippen molar-refractivity contribution in [2.24, 2.45) is 0 Å². The van der Waals surface area contributed by atoms with Gasteiger partial charge in [-0.1, -0.05) is 0 Å². The molecule has 1 aliphatic heterocycles. The van der Waals surface area contributed by atoms with Gasteiger partial charge in [-0.15, -0.1) is 0 Å². The highest BCUT2D eigenvalue weighted by Gasteiger charge is 2.26. The number of anilines is 1. The molecule has 3 rings (SSSR count). The Kier molecular flexibility index (Phi) is 8.06. The molecule has 0 bridgehead atoms. The first-order valence-corrected chi connectivity index (χ1v) is 12.0.